The van der Waals surface area contributed by atoms with E-state index in [1.165, 1.54) is 17.4 Å². The third-order valence-corrected chi connectivity index (χ3v) is 7.88. The van der Waals surface area contributed by atoms with Gasteiger partial charge in [0.15, 0.2) is 4.96 Å². The maximum absolute atomic E-state index is 14.1. The Morgan fingerprint density at radius 1 is 1.18 bits per heavy atom. The molecule has 2 aromatic heterocycles. The predicted octanol–water partition coefficient (Wildman–Crippen LogP) is 4.81. The number of fused-ring (bicyclic) bond motifs is 3. The molecule has 4 heterocycles. The van der Waals surface area contributed by atoms with E-state index in [-0.39, 0.29) is 17.6 Å². The van der Waals surface area contributed by atoms with Crippen LogP contribution in [0.2, 0.25) is 0 Å². The standard InChI is InChI=1S/C24H24F2N4OS.C4H7NO/c25-17-8-12-29(13-9-17)11-3-10-27-23(31)16-6-7-21-22(14-16)32-24-28-20(15-30(21)24)18-4-1-2-5-19(18)26;6-4-2-1-3-5-4/h1-2,4-7,14-15,17H,3,8-13H2,(H,27,31);1-3H2,(H,5,6). The summed E-state index contributed by atoms with van der Waals surface area (Å²) in [6, 6.07) is 12.2. The van der Waals surface area contributed by atoms with Gasteiger partial charge in [0.05, 0.1) is 15.9 Å². The van der Waals surface area contributed by atoms with Crippen molar-refractivity contribution < 1.29 is 18.4 Å². The first-order valence-corrected chi connectivity index (χ1v) is 13.9. The Morgan fingerprint density at radius 2 is 2.00 bits per heavy atom. The van der Waals surface area contributed by atoms with Crippen molar-refractivity contribution in [1.29, 1.82) is 0 Å². The van der Waals surface area contributed by atoms with E-state index < -0.39 is 6.17 Å². The largest absolute Gasteiger partial charge is 0.356 e. The highest BCUT2D eigenvalue weighted by atomic mass is 32.1. The normalized spacial score (nSPS) is 16.4. The smallest absolute Gasteiger partial charge is 0.251 e. The molecule has 200 valence electrons. The zero-order valence-corrected chi connectivity index (χ0v) is 21.9. The van der Waals surface area contributed by atoms with Crippen molar-refractivity contribution in [3.63, 3.8) is 0 Å². The van der Waals surface area contributed by atoms with Gasteiger partial charge in [-0.25, -0.2) is 13.8 Å². The van der Waals surface area contributed by atoms with Crippen molar-refractivity contribution in [2.75, 3.05) is 32.7 Å². The molecule has 0 atom stereocenters. The number of imidazole rings is 1. The number of amides is 2. The molecule has 10 heteroatoms. The molecule has 0 aliphatic carbocycles. The number of nitrogens with one attached hydrogen (secondary N) is 2. The minimum absolute atomic E-state index is 0.104. The molecule has 0 spiro atoms. The number of benzene rings is 2. The third kappa shape index (κ3) is 6.19. The van der Waals surface area contributed by atoms with Crippen LogP contribution in [0.15, 0.2) is 48.7 Å². The molecule has 4 aromatic rings. The third-order valence-electron chi connectivity index (χ3n) is 6.86. The van der Waals surface area contributed by atoms with E-state index in [9.17, 15) is 18.4 Å². The van der Waals surface area contributed by atoms with Gasteiger partial charge < -0.3 is 15.5 Å². The molecule has 2 saturated heterocycles. The number of alkyl halides is 1. The molecule has 0 unspecified atom stereocenters. The fraction of sp³-hybridized carbons (Fsp3) is 0.393. The first kappa shape index (κ1) is 26.2. The maximum Gasteiger partial charge on any atom is 0.251 e. The quantitative estimate of drug-likeness (QED) is 0.345. The van der Waals surface area contributed by atoms with E-state index >= 15 is 0 Å². The second-order valence-electron chi connectivity index (χ2n) is 9.62. The van der Waals surface area contributed by atoms with Crippen LogP contribution >= 0.6 is 11.3 Å². The SMILES string of the molecule is O=C(NCCCN1CCC(F)CC1)c1ccc2c(c1)sc1nc(-c3ccccc3F)cn12.O=C1CCCN1. The van der Waals surface area contributed by atoms with Crippen molar-refractivity contribution in [2.45, 2.75) is 38.3 Å². The van der Waals surface area contributed by atoms with Crippen LogP contribution < -0.4 is 10.6 Å². The number of thiazole rings is 1. The summed E-state index contributed by atoms with van der Waals surface area (Å²) in [5, 5.41) is 5.66. The van der Waals surface area contributed by atoms with Crippen molar-refractivity contribution in [3.8, 4) is 11.3 Å². The molecule has 2 N–H and O–H groups in total. The summed E-state index contributed by atoms with van der Waals surface area (Å²) in [6.07, 6.45) is 5.00. The molecule has 0 saturated carbocycles. The lowest BCUT2D eigenvalue weighted by Gasteiger charge is -2.28. The number of hydrogen-bond donors (Lipinski definition) is 2. The van der Waals surface area contributed by atoms with E-state index in [2.05, 4.69) is 20.5 Å². The average Bonchev–Trinajstić information content (AvgIpc) is 3.64. The lowest BCUT2D eigenvalue weighted by atomic mass is 10.1. The van der Waals surface area contributed by atoms with Crippen LogP contribution in [0.25, 0.3) is 26.4 Å². The molecule has 2 aliphatic rings. The van der Waals surface area contributed by atoms with Gasteiger partial charge in [-0.15, -0.1) is 0 Å². The van der Waals surface area contributed by atoms with Gasteiger partial charge in [0.25, 0.3) is 5.91 Å². The molecule has 2 aliphatic heterocycles. The van der Waals surface area contributed by atoms with E-state index in [1.54, 1.807) is 24.3 Å². The van der Waals surface area contributed by atoms with Crippen LogP contribution in [0.3, 0.4) is 0 Å². The summed E-state index contributed by atoms with van der Waals surface area (Å²) < 4.78 is 30.2. The fourth-order valence-electron chi connectivity index (χ4n) is 4.74. The van der Waals surface area contributed by atoms with Crippen molar-refractivity contribution in [1.82, 2.24) is 24.9 Å². The zero-order valence-electron chi connectivity index (χ0n) is 21.1. The summed E-state index contributed by atoms with van der Waals surface area (Å²) in [4.78, 5) is 30.3. The minimum Gasteiger partial charge on any atom is -0.356 e. The maximum atomic E-state index is 14.1. The summed E-state index contributed by atoms with van der Waals surface area (Å²) in [5.41, 5.74) is 2.61. The number of likely N-dealkylation sites (tertiary alicyclic amines) is 1. The Balaban J connectivity index is 0.000000433. The second-order valence-corrected chi connectivity index (χ2v) is 10.6. The van der Waals surface area contributed by atoms with Crippen LogP contribution in [0.1, 0.15) is 42.5 Å². The summed E-state index contributed by atoms with van der Waals surface area (Å²) in [5.74, 6) is -0.198. The van der Waals surface area contributed by atoms with Crippen molar-refractivity contribution >= 4 is 38.3 Å². The van der Waals surface area contributed by atoms with E-state index in [0.29, 0.717) is 36.2 Å². The van der Waals surface area contributed by atoms with Crippen molar-refractivity contribution in [2.24, 2.45) is 0 Å². The molecule has 0 bridgehead atoms. The van der Waals surface area contributed by atoms with Gasteiger partial charge in [0.1, 0.15) is 12.0 Å². The number of carbonyl (C=O) groups excluding carboxylic acids is 2. The molecule has 6 rings (SSSR count). The van der Waals surface area contributed by atoms with Crippen LogP contribution in [-0.4, -0.2) is 65.0 Å². The lowest BCUT2D eigenvalue weighted by Crippen LogP contribution is -2.36. The van der Waals surface area contributed by atoms with Gasteiger partial charge in [-0.3, -0.25) is 14.0 Å². The Kier molecular flexibility index (Phi) is 8.29. The van der Waals surface area contributed by atoms with Gasteiger partial charge >= 0.3 is 0 Å². The second kappa shape index (κ2) is 12.0. The van der Waals surface area contributed by atoms with Crippen LogP contribution in [0.5, 0.6) is 0 Å². The molecule has 7 nitrogen and oxygen atoms in total. The summed E-state index contributed by atoms with van der Waals surface area (Å²) in [7, 11) is 0. The Labute approximate surface area is 223 Å². The first-order valence-electron chi connectivity index (χ1n) is 13.1. The number of halogens is 2. The summed E-state index contributed by atoms with van der Waals surface area (Å²) in [6.45, 7) is 3.94. The molecule has 38 heavy (non-hydrogen) atoms. The molecular formula is C28H31F2N5O2S. The van der Waals surface area contributed by atoms with Crippen LogP contribution in [0.4, 0.5) is 8.78 Å². The average molecular weight is 540 g/mol. The monoisotopic (exact) mass is 539 g/mol. The number of rotatable bonds is 6. The Hall–Kier alpha value is -3.37. The Bertz CT molecular complexity index is 1420. The molecule has 2 aromatic carbocycles. The number of hydrogen-bond acceptors (Lipinski definition) is 5. The highest BCUT2D eigenvalue weighted by molar-refractivity contribution is 7.23. The topological polar surface area (TPSA) is 78.7 Å². The van der Waals surface area contributed by atoms with Gasteiger partial charge in [-0.2, -0.15) is 0 Å². The number of aromatic nitrogens is 2. The molecular weight excluding hydrogens is 508 g/mol. The Morgan fingerprint density at radius 3 is 2.71 bits per heavy atom. The van der Waals surface area contributed by atoms with Gasteiger partial charge in [-0.05, 0) is 62.6 Å². The van der Waals surface area contributed by atoms with E-state index in [4.69, 9.17) is 0 Å². The summed E-state index contributed by atoms with van der Waals surface area (Å²) >= 11 is 1.47. The molecule has 2 amide bonds. The van der Waals surface area contributed by atoms with Gasteiger partial charge in [0.2, 0.25) is 5.91 Å². The lowest BCUT2D eigenvalue weighted by molar-refractivity contribution is -0.119. The highest BCUT2D eigenvalue weighted by Crippen LogP contribution is 2.31. The predicted molar refractivity (Wildman–Crippen MR) is 146 cm³/mol. The molecule has 2 fully saturated rings. The van der Waals surface area contributed by atoms with Gasteiger partial charge in [-0.1, -0.05) is 23.5 Å². The number of piperidine rings is 1. The zero-order chi connectivity index (χ0) is 26.5. The minimum atomic E-state index is -0.660. The van der Waals surface area contributed by atoms with Crippen molar-refractivity contribution in [3.05, 3.63) is 60.0 Å². The molecule has 0 radical (unpaired) electrons. The highest BCUT2D eigenvalue weighted by Gasteiger charge is 2.18. The van der Waals surface area contributed by atoms with E-state index in [0.717, 1.165) is 60.6 Å². The van der Waals surface area contributed by atoms with Gasteiger partial charge in [0, 0.05) is 49.9 Å². The fourth-order valence-corrected chi connectivity index (χ4v) is 5.78. The number of nitrogens with zero attached hydrogens (tertiary/aromatic N) is 3. The van der Waals surface area contributed by atoms with Crippen LogP contribution in [0, 0.1) is 5.82 Å². The van der Waals surface area contributed by atoms with Crippen LogP contribution in [-0.2, 0) is 4.79 Å². The van der Waals surface area contributed by atoms with E-state index in [1.807, 2.05) is 22.7 Å². The first-order chi connectivity index (χ1) is 18.5. The number of carbonyl (C=O) groups is 2.